The molecule has 0 aromatic rings. The summed E-state index contributed by atoms with van der Waals surface area (Å²) >= 11 is 0. The van der Waals surface area contributed by atoms with E-state index < -0.39 is 71.8 Å². The average Bonchev–Trinajstić information content (AvgIpc) is 3.00. The third-order valence-electron chi connectivity index (χ3n) is 7.49. The first-order chi connectivity index (χ1) is 22.5. The summed E-state index contributed by atoms with van der Waals surface area (Å²) in [6.45, 7) is 4.79. The fourth-order valence-corrected chi connectivity index (χ4v) is 4.88. The number of nitrogens with two attached hydrogens (primary N) is 6. The molecule has 0 aliphatic carbocycles. The molecule has 0 spiro atoms. The molecule has 0 aliphatic rings. The Hall–Kier alpha value is -4.32. The van der Waals surface area contributed by atoms with E-state index in [1.165, 1.54) is 6.92 Å². The highest BCUT2D eigenvalue weighted by atomic mass is 16.3. The minimum atomic E-state index is -1.19. The van der Waals surface area contributed by atoms with Gasteiger partial charge in [-0.2, -0.15) is 0 Å². The summed E-state index contributed by atoms with van der Waals surface area (Å²) in [5.41, 5.74) is 32.6. The Balaban J connectivity index is 5.99. The number of nitrogens with one attached hydrogen (secondary N) is 3. The van der Waals surface area contributed by atoms with Gasteiger partial charge in [0.15, 0.2) is 23.5 Å². The maximum absolute atomic E-state index is 13.7. The zero-order chi connectivity index (χ0) is 36.8. The Morgan fingerprint density at radius 1 is 0.667 bits per heavy atom. The normalized spacial score (nSPS) is 14.0. The number of aliphatic hydroxyl groups is 1. The number of unbranched alkanes of at least 4 members (excludes halogenated alkanes) is 1. The number of amides is 4. The molecule has 0 unspecified atom stereocenters. The molecule has 5 atom stereocenters. The number of rotatable bonds is 26. The Morgan fingerprint density at radius 3 is 1.65 bits per heavy atom. The zero-order valence-corrected chi connectivity index (χ0v) is 28.4. The van der Waals surface area contributed by atoms with Gasteiger partial charge in [0.25, 0.3) is 0 Å². The minimum Gasteiger partial charge on any atom is -0.396 e. The zero-order valence-electron chi connectivity index (χ0n) is 28.4. The van der Waals surface area contributed by atoms with Crippen LogP contribution in [0.25, 0.3) is 0 Å². The van der Waals surface area contributed by atoms with Crippen molar-refractivity contribution < 1.29 is 33.9 Å². The Morgan fingerprint density at radius 2 is 1.17 bits per heavy atom. The van der Waals surface area contributed by atoms with Gasteiger partial charge in [-0.3, -0.25) is 38.8 Å². The van der Waals surface area contributed by atoms with Crippen LogP contribution in [0.1, 0.15) is 78.6 Å². The number of guanidine groups is 2. The molecule has 0 heterocycles. The highest BCUT2D eigenvalue weighted by Crippen LogP contribution is 2.18. The number of hydrogen-bond donors (Lipinski definition) is 10. The molecule has 0 aromatic carbocycles. The van der Waals surface area contributed by atoms with Crippen LogP contribution >= 0.6 is 0 Å². The van der Waals surface area contributed by atoms with Crippen molar-refractivity contribution in [3.8, 4) is 0 Å². The van der Waals surface area contributed by atoms with Crippen molar-refractivity contribution >= 4 is 47.1 Å². The van der Waals surface area contributed by atoms with Gasteiger partial charge in [0.05, 0.1) is 24.6 Å². The van der Waals surface area contributed by atoms with Crippen molar-refractivity contribution in [2.75, 3.05) is 26.2 Å². The molecule has 0 bridgehead atoms. The lowest BCUT2D eigenvalue weighted by Gasteiger charge is -2.25. The van der Waals surface area contributed by atoms with Gasteiger partial charge in [-0.15, -0.1) is 0 Å². The van der Waals surface area contributed by atoms with E-state index in [9.17, 15) is 33.9 Å². The van der Waals surface area contributed by atoms with Gasteiger partial charge in [-0.25, -0.2) is 0 Å². The second-order valence-electron chi connectivity index (χ2n) is 12.0. The van der Waals surface area contributed by atoms with Crippen LogP contribution in [0.3, 0.4) is 0 Å². The first-order valence-electron chi connectivity index (χ1n) is 16.2. The molecular weight excluding hydrogens is 626 g/mol. The molecule has 0 aromatic heterocycles. The predicted octanol–water partition coefficient (Wildman–Crippen LogP) is -3.02. The van der Waals surface area contributed by atoms with E-state index in [-0.39, 0.29) is 63.0 Å². The van der Waals surface area contributed by atoms with Gasteiger partial charge in [-0.05, 0) is 57.4 Å². The van der Waals surface area contributed by atoms with Gasteiger partial charge in [0, 0.05) is 38.8 Å². The molecule has 18 nitrogen and oxygen atoms in total. The Labute approximate surface area is 282 Å². The fourth-order valence-electron chi connectivity index (χ4n) is 4.88. The third-order valence-corrected chi connectivity index (χ3v) is 7.49. The number of primary amides is 1. The van der Waals surface area contributed by atoms with Crippen molar-refractivity contribution in [2.45, 2.75) is 96.7 Å². The van der Waals surface area contributed by atoms with Crippen LogP contribution < -0.4 is 50.4 Å². The van der Waals surface area contributed by atoms with Crippen molar-refractivity contribution in [1.82, 2.24) is 16.0 Å². The van der Waals surface area contributed by atoms with Gasteiger partial charge in [0.1, 0.15) is 6.04 Å². The monoisotopic (exact) mass is 683 g/mol. The van der Waals surface area contributed by atoms with Crippen LogP contribution in [-0.4, -0.2) is 96.6 Å². The smallest absolute Gasteiger partial charge is 0.240 e. The van der Waals surface area contributed by atoms with E-state index in [1.54, 1.807) is 13.8 Å². The summed E-state index contributed by atoms with van der Waals surface area (Å²) in [6, 6.07) is -2.98. The number of aliphatic imine (C=N–C) groups is 2. The second kappa shape index (κ2) is 23.9. The third kappa shape index (κ3) is 18.7. The Bertz CT molecular complexity index is 1120. The van der Waals surface area contributed by atoms with Crippen LogP contribution in [0.2, 0.25) is 0 Å². The minimum absolute atomic E-state index is 0.122. The maximum atomic E-state index is 13.7. The summed E-state index contributed by atoms with van der Waals surface area (Å²) in [5.74, 6) is -6.12. The number of aliphatic hydroxyl groups excluding tert-OH is 1. The molecule has 16 N–H and O–H groups in total. The summed E-state index contributed by atoms with van der Waals surface area (Å²) in [6.07, 6.45) is 1.47. The number of carbonyl (C=O) groups excluding carboxylic acids is 6. The molecule has 0 rings (SSSR count). The molecule has 48 heavy (non-hydrogen) atoms. The van der Waals surface area contributed by atoms with Crippen LogP contribution in [0.15, 0.2) is 9.98 Å². The number of ketones is 2. The van der Waals surface area contributed by atoms with Gasteiger partial charge >= 0.3 is 0 Å². The summed E-state index contributed by atoms with van der Waals surface area (Å²) in [5, 5.41) is 17.8. The molecular formula is C30H57N11O7. The summed E-state index contributed by atoms with van der Waals surface area (Å²) in [7, 11) is 0. The molecule has 0 saturated carbocycles. The molecule has 4 amide bonds. The quantitative estimate of drug-likeness (QED) is 0.0247. The van der Waals surface area contributed by atoms with E-state index >= 15 is 0 Å². The predicted molar refractivity (Wildman–Crippen MR) is 182 cm³/mol. The summed E-state index contributed by atoms with van der Waals surface area (Å²) < 4.78 is 0. The van der Waals surface area contributed by atoms with Gasteiger partial charge in [0.2, 0.25) is 23.6 Å². The standard InChI is InChI=1S/C30H57N11O7/c1-17(2)25(39-18(3)43)24(45)15-20(16-42)28(48)40-21(9-4-5-11-31)23(44)14-19(8-6-12-37-29(33)34)27(47)41-22(26(32)46)10-7-13-38-30(35)36/h17,19-22,25,42H,4-16,31H2,1-3H3,(H2,32,46)(H,39,43)(H,40,48)(H,41,47)(H4,33,34,37)(H4,35,36,38)/t19-,20+,21+,22+,25+/m1/s1. The maximum Gasteiger partial charge on any atom is 0.240 e. The number of hydrogen-bond acceptors (Lipinski definition) is 10. The van der Waals surface area contributed by atoms with Crippen LogP contribution in [-0.2, 0) is 28.8 Å². The summed E-state index contributed by atoms with van der Waals surface area (Å²) in [4.78, 5) is 84.8. The van der Waals surface area contributed by atoms with Crippen molar-refractivity contribution in [2.24, 2.45) is 62.1 Å². The molecule has 18 heteroatoms. The van der Waals surface area contributed by atoms with E-state index in [2.05, 4.69) is 25.9 Å². The largest absolute Gasteiger partial charge is 0.396 e. The van der Waals surface area contributed by atoms with Crippen LogP contribution in [0, 0.1) is 17.8 Å². The molecule has 0 radical (unpaired) electrons. The molecule has 0 saturated heterocycles. The van der Waals surface area contributed by atoms with Gasteiger partial charge < -0.3 is 55.5 Å². The molecule has 0 fully saturated rings. The fraction of sp³-hybridized carbons (Fsp3) is 0.733. The topological polar surface area (TPSA) is 340 Å². The van der Waals surface area contributed by atoms with Crippen molar-refractivity contribution in [3.63, 3.8) is 0 Å². The Kier molecular flexibility index (Phi) is 21.8. The highest BCUT2D eigenvalue weighted by molar-refractivity contribution is 5.96. The van der Waals surface area contributed by atoms with E-state index in [1.807, 2.05) is 0 Å². The van der Waals surface area contributed by atoms with Crippen LogP contribution in [0.5, 0.6) is 0 Å². The average molecular weight is 684 g/mol. The van der Waals surface area contributed by atoms with Gasteiger partial charge in [-0.1, -0.05) is 13.8 Å². The first kappa shape index (κ1) is 43.7. The van der Waals surface area contributed by atoms with Crippen molar-refractivity contribution in [1.29, 1.82) is 0 Å². The lowest BCUT2D eigenvalue weighted by Crippen LogP contribution is -2.49. The van der Waals surface area contributed by atoms with E-state index in [0.29, 0.717) is 32.2 Å². The van der Waals surface area contributed by atoms with E-state index in [4.69, 9.17) is 34.4 Å². The first-order valence-corrected chi connectivity index (χ1v) is 16.2. The highest BCUT2D eigenvalue weighted by Gasteiger charge is 2.33. The second-order valence-corrected chi connectivity index (χ2v) is 12.0. The number of Topliss-reactive ketones (excluding diaryl/α,β-unsaturated/α-hetero) is 2. The van der Waals surface area contributed by atoms with Crippen molar-refractivity contribution in [3.05, 3.63) is 0 Å². The molecule has 0 aliphatic heterocycles. The number of carbonyl (C=O) groups is 6. The molecule has 274 valence electrons. The van der Waals surface area contributed by atoms with Crippen LogP contribution in [0.4, 0.5) is 0 Å². The van der Waals surface area contributed by atoms with E-state index in [0.717, 1.165) is 0 Å². The SMILES string of the molecule is CC(=O)N[C@H](C(=O)C[C@@H](CO)C(=O)N[C@@H](CCCCN)C(=O)C[C@@H](CCCN=C(N)N)C(=O)N[C@@H](CCCN=C(N)N)C(N)=O)C(C)C. The lowest BCUT2D eigenvalue weighted by atomic mass is 9.90. The lowest BCUT2D eigenvalue weighted by molar-refractivity contribution is -0.136. The number of nitrogens with zero attached hydrogens (tertiary/aromatic N) is 2.